The van der Waals surface area contributed by atoms with Gasteiger partial charge in [0.25, 0.3) is 5.91 Å². The second-order valence-corrected chi connectivity index (χ2v) is 8.17. The van der Waals surface area contributed by atoms with E-state index in [-0.39, 0.29) is 18.0 Å². The highest BCUT2D eigenvalue weighted by Crippen LogP contribution is 2.28. The van der Waals surface area contributed by atoms with Crippen molar-refractivity contribution in [2.75, 3.05) is 41.8 Å². The van der Waals surface area contributed by atoms with Gasteiger partial charge in [0.05, 0.1) is 11.7 Å². The van der Waals surface area contributed by atoms with Gasteiger partial charge in [0.2, 0.25) is 0 Å². The minimum Gasteiger partial charge on any atom is -0.376 e. The molecule has 0 bridgehead atoms. The van der Waals surface area contributed by atoms with E-state index in [0.29, 0.717) is 17.8 Å². The van der Waals surface area contributed by atoms with Gasteiger partial charge < -0.3 is 25.6 Å². The van der Waals surface area contributed by atoms with Gasteiger partial charge in [-0.05, 0) is 62.4 Å². The van der Waals surface area contributed by atoms with Crippen LogP contribution >= 0.6 is 0 Å². The molecular formula is C24H30N4O3. The van der Waals surface area contributed by atoms with E-state index in [0.717, 1.165) is 62.3 Å². The van der Waals surface area contributed by atoms with Crippen molar-refractivity contribution in [3.63, 3.8) is 0 Å². The molecule has 1 unspecified atom stereocenters. The molecule has 3 amide bonds. The standard InChI is InChI=1S/C24H30N4O3/c1-17-7-2-3-9-21(17)27-24(30)26-18-10-11-22(28-12-4-5-13-28)20(15-18)23(29)25-16-19-8-6-14-31-19/h2-3,7,9-11,15,19H,4-6,8,12-14,16H2,1H3,(H,25,29)(H2,26,27,30). The summed E-state index contributed by atoms with van der Waals surface area (Å²) in [4.78, 5) is 27.8. The Kier molecular flexibility index (Phi) is 6.72. The number of benzene rings is 2. The quantitative estimate of drug-likeness (QED) is 0.653. The Morgan fingerprint density at radius 2 is 1.87 bits per heavy atom. The van der Waals surface area contributed by atoms with Crippen LogP contribution in [-0.2, 0) is 4.74 Å². The van der Waals surface area contributed by atoms with Crippen molar-refractivity contribution < 1.29 is 14.3 Å². The van der Waals surface area contributed by atoms with Crippen molar-refractivity contribution in [1.82, 2.24) is 5.32 Å². The van der Waals surface area contributed by atoms with Gasteiger partial charge in [0, 0.05) is 43.3 Å². The first-order chi connectivity index (χ1) is 15.1. The zero-order valence-electron chi connectivity index (χ0n) is 17.9. The van der Waals surface area contributed by atoms with E-state index in [1.807, 2.05) is 43.3 Å². The average Bonchev–Trinajstić information content (AvgIpc) is 3.48. The molecule has 1 atom stereocenters. The largest absolute Gasteiger partial charge is 0.376 e. The maximum absolute atomic E-state index is 13.0. The Balaban J connectivity index is 1.48. The van der Waals surface area contributed by atoms with Crippen molar-refractivity contribution in [2.45, 2.75) is 38.7 Å². The molecule has 0 spiro atoms. The zero-order valence-corrected chi connectivity index (χ0v) is 17.9. The molecule has 2 aromatic rings. The van der Waals surface area contributed by atoms with Gasteiger partial charge in [-0.1, -0.05) is 18.2 Å². The normalized spacial score (nSPS) is 18.1. The Morgan fingerprint density at radius 3 is 2.61 bits per heavy atom. The number of ether oxygens (including phenoxy) is 1. The molecule has 164 valence electrons. The minimum atomic E-state index is -0.339. The van der Waals surface area contributed by atoms with E-state index in [9.17, 15) is 9.59 Å². The van der Waals surface area contributed by atoms with E-state index in [2.05, 4.69) is 20.9 Å². The maximum Gasteiger partial charge on any atom is 0.323 e. The number of nitrogens with zero attached hydrogens (tertiary/aromatic N) is 1. The fraction of sp³-hybridized carbons (Fsp3) is 0.417. The van der Waals surface area contributed by atoms with Crippen LogP contribution < -0.4 is 20.9 Å². The van der Waals surface area contributed by atoms with Crippen LogP contribution in [0.2, 0.25) is 0 Å². The van der Waals surface area contributed by atoms with Crippen LogP contribution in [0.5, 0.6) is 0 Å². The topological polar surface area (TPSA) is 82.7 Å². The summed E-state index contributed by atoms with van der Waals surface area (Å²) in [5.74, 6) is -0.139. The maximum atomic E-state index is 13.0. The van der Waals surface area contributed by atoms with E-state index >= 15 is 0 Å². The summed E-state index contributed by atoms with van der Waals surface area (Å²) in [7, 11) is 0. The Morgan fingerprint density at radius 1 is 1.06 bits per heavy atom. The molecule has 2 fully saturated rings. The Labute approximate surface area is 183 Å². The molecule has 0 aliphatic carbocycles. The Bertz CT molecular complexity index is 934. The molecule has 2 heterocycles. The molecule has 2 aliphatic heterocycles. The number of carbonyl (C=O) groups excluding carboxylic acids is 2. The first-order valence-electron chi connectivity index (χ1n) is 11.0. The third-order valence-electron chi connectivity index (χ3n) is 5.85. The summed E-state index contributed by atoms with van der Waals surface area (Å²) >= 11 is 0. The predicted octanol–water partition coefficient (Wildman–Crippen LogP) is 4.15. The number of nitrogens with one attached hydrogen (secondary N) is 3. The zero-order chi connectivity index (χ0) is 21.6. The summed E-state index contributed by atoms with van der Waals surface area (Å²) in [6.07, 6.45) is 4.33. The number of carbonyl (C=O) groups is 2. The fourth-order valence-corrected chi connectivity index (χ4v) is 4.13. The average molecular weight is 423 g/mol. The molecule has 3 N–H and O–H groups in total. The van der Waals surface area contributed by atoms with Crippen LogP contribution in [-0.4, -0.2) is 44.3 Å². The van der Waals surface area contributed by atoms with Gasteiger partial charge in [-0.15, -0.1) is 0 Å². The molecule has 31 heavy (non-hydrogen) atoms. The van der Waals surface area contributed by atoms with Crippen LogP contribution in [0.4, 0.5) is 21.9 Å². The first kappa shape index (κ1) is 21.2. The number of aryl methyl sites for hydroxylation is 1. The molecule has 2 aliphatic rings. The van der Waals surface area contributed by atoms with Crippen molar-refractivity contribution in [2.24, 2.45) is 0 Å². The number of amides is 3. The number of hydrogen-bond donors (Lipinski definition) is 3. The summed E-state index contributed by atoms with van der Waals surface area (Å²) in [5.41, 5.74) is 3.80. The third-order valence-corrected chi connectivity index (χ3v) is 5.85. The molecule has 0 saturated carbocycles. The first-order valence-corrected chi connectivity index (χ1v) is 11.0. The summed E-state index contributed by atoms with van der Waals surface area (Å²) in [6, 6.07) is 12.8. The summed E-state index contributed by atoms with van der Waals surface area (Å²) in [6.45, 7) is 5.08. The number of anilines is 3. The SMILES string of the molecule is Cc1ccccc1NC(=O)Nc1ccc(N2CCCC2)c(C(=O)NCC2CCCO2)c1. The van der Waals surface area contributed by atoms with Gasteiger partial charge in [-0.25, -0.2) is 4.79 Å². The number of rotatable bonds is 6. The minimum absolute atomic E-state index is 0.0837. The third kappa shape index (κ3) is 5.35. The molecule has 0 aromatic heterocycles. The number of para-hydroxylation sites is 1. The van der Waals surface area contributed by atoms with Crippen molar-refractivity contribution in [3.8, 4) is 0 Å². The molecule has 7 nitrogen and oxygen atoms in total. The highest BCUT2D eigenvalue weighted by molar-refractivity contribution is 6.04. The van der Waals surface area contributed by atoms with E-state index in [1.54, 1.807) is 6.07 Å². The number of hydrogen-bond acceptors (Lipinski definition) is 4. The van der Waals surface area contributed by atoms with Gasteiger partial charge in [0.15, 0.2) is 0 Å². The van der Waals surface area contributed by atoms with Gasteiger partial charge in [-0.3, -0.25) is 4.79 Å². The van der Waals surface area contributed by atoms with Gasteiger partial charge in [0.1, 0.15) is 0 Å². The second-order valence-electron chi connectivity index (χ2n) is 8.17. The molecule has 2 aromatic carbocycles. The second kappa shape index (κ2) is 9.83. The van der Waals surface area contributed by atoms with E-state index in [4.69, 9.17) is 4.74 Å². The van der Waals surface area contributed by atoms with Crippen LogP contribution in [0.1, 0.15) is 41.6 Å². The Hall–Kier alpha value is -3.06. The van der Waals surface area contributed by atoms with Gasteiger partial charge in [-0.2, -0.15) is 0 Å². The lowest BCUT2D eigenvalue weighted by molar-refractivity contribution is 0.0858. The van der Waals surface area contributed by atoms with Crippen molar-refractivity contribution in [1.29, 1.82) is 0 Å². The molecule has 2 saturated heterocycles. The lowest BCUT2D eigenvalue weighted by atomic mass is 10.1. The lowest BCUT2D eigenvalue weighted by Gasteiger charge is -2.22. The molecule has 7 heteroatoms. The van der Waals surface area contributed by atoms with E-state index in [1.165, 1.54) is 0 Å². The molecule has 4 rings (SSSR count). The molecule has 0 radical (unpaired) electrons. The fourth-order valence-electron chi connectivity index (χ4n) is 4.13. The van der Waals surface area contributed by atoms with Crippen molar-refractivity contribution in [3.05, 3.63) is 53.6 Å². The van der Waals surface area contributed by atoms with Crippen LogP contribution in [0.15, 0.2) is 42.5 Å². The van der Waals surface area contributed by atoms with Crippen LogP contribution in [0.25, 0.3) is 0 Å². The van der Waals surface area contributed by atoms with Crippen LogP contribution in [0, 0.1) is 6.92 Å². The number of urea groups is 1. The highest BCUT2D eigenvalue weighted by atomic mass is 16.5. The highest BCUT2D eigenvalue weighted by Gasteiger charge is 2.22. The molecular weight excluding hydrogens is 392 g/mol. The predicted molar refractivity (Wildman–Crippen MR) is 123 cm³/mol. The van der Waals surface area contributed by atoms with Gasteiger partial charge >= 0.3 is 6.03 Å². The smallest absolute Gasteiger partial charge is 0.323 e. The van der Waals surface area contributed by atoms with Crippen molar-refractivity contribution >= 4 is 29.0 Å². The summed E-state index contributed by atoms with van der Waals surface area (Å²) < 4.78 is 5.62. The summed E-state index contributed by atoms with van der Waals surface area (Å²) in [5, 5.41) is 8.73. The lowest BCUT2D eigenvalue weighted by Crippen LogP contribution is -2.33. The monoisotopic (exact) mass is 422 g/mol. The van der Waals surface area contributed by atoms with E-state index < -0.39 is 0 Å². The van der Waals surface area contributed by atoms with Crippen LogP contribution in [0.3, 0.4) is 0 Å².